The maximum absolute atomic E-state index is 13.1. The highest BCUT2D eigenvalue weighted by molar-refractivity contribution is 5.29. The highest BCUT2D eigenvalue weighted by atomic mass is 19.1. The molecule has 1 N–H and O–H groups in total. The van der Waals surface area contributed by atoms with Crippen LogP contribution in [0, 0.1) is 12.7 Å². The molecule has 2 aromatic rings. The summed E-state index contributed by atoms with van der Waals surface area (Å²) in [5.74, 6) is -0.244. The van der Waals surface area contributed by atoms with E-state index in [0.29, 0.717) is 6.42 Å². The van der Waals surface area contributed by atoms with Crippen LogP contribution in [0.25, 0.3) is 0 Å². The number of hydrogen-bond donors (Lipinski definition) is 1. The molecule has 1 aromatic heterocycles. The molecular weight excluding hydrogens is 243 g/mol. The molecule has 0 bridgehead atoms. The Morgan fingerprint density at radius 1 is 1.42 bits per heavy atom. The molecule has 0 amide bonds. The second kappa shape index (κ2) is 5.53. The SMILES string of the molecule is CCc1nn(C)cc1C(O)Cc1ccc(F)cc1C. The van der Waals surface area contributed by atoms with Crippen LogP contribution in [-0.2, 0) is 19.9 Å². The second-order valence-electron chi connectivity index (χ2n) is 4.85. The molecular formula is C15H19FN2O. The van der Waals surface area contributed by atoms with Gasteiger partial charge in [-0.1, -0.05) is 13.0 Å². The zero-order chi connectivity index (χ0) is 14.0. The standard InChI is InChI=1S/C15H19FN2O/c1-4-14-13(9-18(3)17-14)15(19)8-11-5-6-12(16)7-10(11)2/h5-7,9,15,19H,4,8H2,1-3H3. The van der Waals surface area contributed by atoms with Crippen LogP contribution in [0.5, 0.6) is 0 Å². The third kappa shape index (κ3) is 3.01. The summed E-state index contributed by atoms with van der Waals surface area (Å²) in [6.07, 6.45) is 2.51. The monoisotopic (exact) mass is 262 g/mol. The lowest BCUT2D eigenvalue weighted by molar-refractivity contribution is 0.177. The Morgan fingerprint density at radius 2 is 2.16 bits per heavy atom. The van der Waals surface area contributed by atoms with Crippen LogP contribution in [0.2, 0.25) is 0 Å². The summed E-state index contributed by atoms with van der Waals surface area (Å²) in [6.45, 7) is 3.87. The molecule has 3 nitrogen and oxygen atoms in total. The van der Waals surface area contributed by atoms with Gasteiger partial charge in [0.2, 0.25) is 0 Å². The van der Waals surface area contributed by atoms with Gasteiger partial charge in [-0.3, -0.25) is 4.68 Å². The number of aromatic nitrogens is 2. The number of aliphatic hydroxyl groups excluding tert-OH is 1. The molecule has 2 rings (SSSR count). The van der Waals surface area contributed by atoms with E-state index in [4.69, 9.17) is 0 Å². The molecule has 0 radical (unpaired) electrons. The number of rotatable bonds is 4. The van der Waals surface area contributed by atoms with Crippen LogP contribution < -0.4 is 0 Å². The molecule has 1 heterocycles. The molecule has 19 heavy (non-hydrogen) atoms. The van der Waals surface area contributed by atoms with Gasteiger partial charge in [0, 0.05) is 25.2 Å². The zero-order valence-corrected chi connectivity index (χ0v) is 11.5. The molecule has 102 valence electrons. The van der Waals surface area contributed by atoms with Crippen LogP contribution >= 0.6 is 0 Å². The van der Waals surface area contributed by atoms with Crippen molar-refractivity contribution in [1.82, 2.24) is 9.78 Å². The molecule has 1 atom stereocenters. The van der Waals surface area contributed by atoms with Gasteiger partial charge in [-0.2, -0.15) is 5.10 Å². The van der Waals surface area contributed by atoms with Crippen LogP contribution in [0.3, 0.4) is 0 Å². The summed E-state index contributed by atoms with van der Waals surface area (Å²) in [5, 5.41) is 14.7. The average molecular weight is 262 g/mol. The Hall–Kier alpha value is -1.68. The summed E-state index contributed by atoms with van der Waals surface area (Å²) in [7, 11) is 1.85. The molecule has 4 heteroatoms. The summed E-state index contributed by atoms with van der Waals surface area (Å²) in [5.41, 5.74) is 3.59. The fourth-order valence-corrected chi connectivity index (χ4v) is 2.31. The van der Waals surface area contributed by atoms with E-state index >= 15 is 0 Å². The van der Waals surface area contributed by atoms with Crippen molar-refractivity contribution in [2.45, 2.75) is 32.8 Å². The first kappa shape index (κ1) is 13.7. The van der Waals surface area contributed by atoms with E-state index in [9.17, 15) is 9.50 Å². The van der Waals surface area contributed by atoms with Crippen molar-refractivity contribution in [3.63, 3.8) is 0 Å². The second-order valence-corrected chi connectivity index (χ2v) is 4.85. The average Bonchev–Trinajstić information content (AvgIpc) is 2.74. The van der Waals surface area contributed by atoms with Crippen LogP contribution in [0.1, 0.15) is 35.4 Å². The molecule has 0 saturated heterocycles. The van der Waals surface area contributed by atoms with Crippen molar-refractivity contribution in [1.29, 1.82) is 0 Å². The zero-order valence-electron chi connectivity index (χ0n) is 11.5. The molecule has 1 unspecified atom stereocenters. The van der Waals surface area contributed by atoms with E-state index in [2.05, 4.69) is 5.10 Å². The fraction of sp³-hybridized carbons (Fsp3) is 0.400. The topological polar surface area (TPSA) is 38.0 Å². The van der Waals surface area contributed by atoms with E-state index in [1.54, 1.807) is 10.7 Å². The maximum Gasteiger partial charge on any atom is 0.123 e. The highest BCUT2D eigenvalue weighted by Gasteiger charge is 2.16. The minimum Gasteiger partial charge on any atom is -0.388 e. The van der Waals surface area contributed by atoms with Gasteiger partial charge in [-0.15, -0.1) is 0 Å². The first-order valence-corrected chi connectivity index (χ1v) is 6.46. The van der Waals surface area contributed by atoms with E-state index in [1.807, 2.05) is 27.1 Å². The molecule has 0 aliphatic heterocycles. The Labute approximate surface area is 112 Å². The van der Waals surface area contributed by atoms with Gasteiger partial charge in [0.1, 0.15) is 5.82 Å². The van der Waals surface area contributed by atoms with Crippen molar-refractivity contribution in [3.05, 3.63) is 52.6 Å². The summed E-state index contributed by atoms with van der Waals surface area (Å²) >= 11 is 0. The van der Waals surface area contributed by atoms with Gasteiger partial charge >= 0.3 is 0 Å². The predicted molar refractivity (Wildman–Crippen MR) is 72.4 cm³/mol. The van der Waals surface area contributed by atoms with Crippen molar-refractivity contribution in [3.8, 4) is 0 Å². The van der Waals surface area contributed by atoms with E-state index < -0.39 is 6.10 Å². The van der Waals surface area contributed by atoms with Crippen molar-refractivity contribution >= 4 is 0 Å². The number of hydrogen-bond acceptors (Lipinski definition) is 2. The number of benzene rings is 1. The smallest absolute Gasteiger partial charge is 0.123 e. The minimum absolute atomic E-state index is 0.244. The van der Waals surface area contributed by atoms with Crippen molar-refractivity contribution in [2.75, 3.05) is 0 Å². The number of aliphatic hydroxyl groups is 1. The number of halogens is 1. The molecule has 0 spiro atoms. The van der Waals surface area contributed by atoms with Crippen LogP contribution in [0.4, 0.5) is 4.39 Å². The van der Waals surface area contributed by atoms with Gasteiger partial charge in [0.25, 0.3) is 0 Å². The van der Waals surface area contributed by atoms with Gasteiger partial charge in [0.15, 0.2) is 0 Å². The fourth-order valence-electron chi connectivity index (χ4n) is 2.31. The molecule has 0 saturated carbocycles. The maximum atomic E-state index is 13.1. The van der Waals surface area contributed by atoms with Gasteiger partial charge in [-0.25, -0.2) is 4.39 Å². The first-order valence-electron chi connectivity index (χ1n) is 6.46. The lowest BCUT2D eigenvalue weighted by Gasteiger charge is -2.12. The Bertz CT molecular complexity index is 578. The van der Waals surface area contributed by atoms with E-state index in [-0.39, 0.29) is 5.82 Å². The normalized spacial score (nSPS) is 12.7. The number of nitrogens with zero attached hydrogens (tertiary/aromatic N) is 2. The van der Waals surface area contributed by atoms with Crippen LogP contribution in [0.15, 0.2) is 24.4 Å². The highest BCUT2D eigenvalue weighted by Crippen LogP contribution is 2.23. The minimum atomic E-state index is -0.604. The Kier molecular flexibility index (Phi) is 4.00. The molecule has 0 aliphatic carbocycles. The van der Waals surface area contributed by atoms with Crippen molar-refractivity contribution in [2.24, 2.45) is 7.05 Å². The van der Waals surface area contributed by atoms with Gasteiger partial charge < -0.3 is 5.11 Å². The molecule has 1 aromatic carbocycles. The summed E-state index contributed by atoms with van der Waals surface area (Å²) in [4.78, 5) is 0. The van der Waals surface area contributed by atoms with Crippen LogP contribution in [-0.4, -0.2) is 14.9 Å². The molecule has 0 fully saturated rings. The third-order valence-electron chi connectivity index (χ3n) is 3.35. The lowest BCUT2D eigenvalue weighted by atomic mass is 9.98. The summed E-state index contributed by atoms with van der Waals surface area (Å²) in [6, 6.07) is 4.65. The third-order valence-corrected chi connectivity index (χ3v) is 3.35. The van der Waals surface area contributed by atoms with Crippen molar-refractivity contribution < 1.29 is 9.50 Å². The summed E-state index contributed by atoms with van der Waals surface area (Å²) < 4.78 is 14.8. The molecule has 0 aliphatic rings. The Balaban J connectivity index is 2.22. The van der Waals surface area contributed by atoms with Gasteiger partial charge in [0.05, 0.1) is 11.8 Å². The predicted octanol–water partition coefficient (Wildman–Crippen LogP) is 2.71. The van der Waals surface area contributed by atoms with E-state index in [1.165, 1.54) is 12.1 Å². The van der Waals surface area contributed by atoms with Gasteiger partial charge in [-0.05, 0) is 36.6 Å². The van der Waals surface area contributed by atoms with E-state index in [0.717, 1.165) is 28.8 Å². The number of aryl methyl sites for hydroxylation is 3. The lowest BCUT2D eigenvalue weighted by Crippen LogP contribution is -2.05. The Morgan fingerprint density at radius 3 is 2.79 bits per heavy atom. The first-order chi connectivity index (χ1) is 9.01. The quantitative estimate of drug-likeness (QED) is 0.920. The largest absolute Gasteiger partial charge is 0.388 e.